The molecule has 1 aromatic carbocycles. The number of ether oxygens (including phenoxy) is 1. The van der Waals surface area contributed by atoms with Crippen LogP contribution in [-0.2, 0) is 11.3 Å². The van der Waals surface area contributed by atoms with Crippen molar-refractivity contribution >= 4 is 0 Å². The van der Waals surface area contributed by atoms with Crippen LogP contribution in [0, 0.1) is 0 Å². The number of benzene rings is 1. The summed E-state index contributed by atoms with van der Waals surface area (Å²) in [5.41, 5.74) is 1.90. The number of piperidine rings is 1. The molecule has 0 saturated carbocycles. The number of hydrogen-bond donors (Lipinski definition) is 2. The van der Waals surface area contributed by atoms with Crippen LogP contribution in [0.5, 0.6) is 0 Å². The highest BCUT2D eigenvalue weighted by Gasteiger charge is 2.38. The van der Waals surface area contributed by atoms with Crippen LogP contribution >= 0.6 is 0 Å². The number of aliphatic hydroxyl groups is 1. The molecule has 0 bridgehead atoms. The number of aliphatic hydroxyl groups excluding tert-OH is 1. The van der Waals surface area contributed by atoms with Gasteiger partial charge in [-0.15, -0.1) is 5.10 Å². The molecule has 4 rings (SSSR count). The Morgan fingerprint density at radius 3 is 2.77 bits per heavy atom. The predicted molar refractivity (Wildman–Crippen MR) is 98.6 cm³/mol. The van der Waals surface area contributed by atoms with E-state index in [2.05, 4.69) is 27.6 Å². The van der Waals surface area contributed by atoms with Crippen LogP contribution in [0.25, 0.3) is 11.3 Å². The molecule has 0 radical (unpaired) electrons. The zero-order valence-electron chi connectivity index (χ0n) is 15.2. The maximum Gasteiger partial charge on any atom is 0.113 e. The van der Waals surface area contributed by atoms with Crippen molar-refractivity contribution in [2.24, 2.45) is 0 Å². The molecular weight excluding hydrogens is 330 g/mol. The van der Waals surface area contributed by atoms with Crippen molar-refractivity contribution in [1.82, 2.24) is 25.2 Å². The van der Waals surface area contributed by atoms with Crippen molar-refractivity contribution < 1.29 is 9.84 Å². The summed E-state index contributed by atoms with van der Waals surface area (Å²) in [6.45, 7) is 3.14. The van der Waals surface area contributed by atoms with Crippen molar-refractivity contribution in [2.45, 2.75) is 43.7 Å². The molecule has 1 aromatic heterocycles. The molecule has 2 N–H and O–H groups in total. The van der Waals surface area contributed by atoms with Crippen molar-refractivity contribution in [3.8, 4) is 11.3 Å². The largest absolute Gasteiger partial charge is 0.389 e. The highest BCUT2D eigenvalue weighted by Crippen LogP contribution is 2.21. The Kier molecular flexibility index (Phi) is 5.31. The van der Waals surface area contributed by atoms with Gasteiger partial charge in [-0.05, 0) is 33.0 Å². The van der Waals surface area contributed by atoms with E-state index in [4.69, 9.17) is 4.74 Å². The summed E-state index contributed by atoms with van der Waals surface area (Å²) >= 11 is 0. The second kappa shape index (κ2) is 7.84. The van der Waals surface area contributed by atoms with E-state index in [1.54, 1.807) is 0 Å². The van der Waals surface area contributed by atoms with E-state index in [0.29, 0.717) is 19.2 Å². The second-order valence-electron chi connectivity index (χ2n) is 7.40. The maximum atomic E-state index is 10.4. The Bertz CT molecular complexity index is 699. The average Bonchev–Trinajstić information content (AvgIpc) is 3.26. The van der Waals surface area contributed by atoms with Gasteiger partial charge in [0.05, 0.1) is 37.6 Å². The highest BCUT2D eigenvalue weighted by molar-refractivity contribution is 5.57. The van der Waals surface area contributed by atoms with Crippen LogP contribution in [0.1, 0.15) is 12.8 Å². The van der Waals surface area contributed by atoms with Crippen LogP contribution in [0.3, 0.4) is 0 Å². The topological polar surface area (TPSA) is 75.4 Å². The molecule has 3 atom stereocenters. The lowest BCUT2D eigenvalue weighted by molar-refractivity contribution is 0.0723. The summed E-state index contributed by atoms with van der Waals surface area (Å²) in [6, 6.07) is 10.4. The van der Waals surface area contributed by atoms with Gasteiger partial charge in [0.1, 0.15) is 5.69 Å². The normalized spacial score (nSPS) is 27.8. The number of nitrogens with one attached hydrogen (secondary N) is 1. The van der Waals surface area contributed by atoms with E-state index in [9.17, 15) is 5.11 Å². The van der Waals surface area contributed by atoms with Crippen molar-refractivity contribution in [3.63, 3.8) is 0 Å². The second-order valence-corrected chi connectivity index (χ2v) is 7.40. The first-order valence-electron chi connectivity index (χ1n) is 9.39. The third-order valence-corrected chi connectivity index (χ3v) is 5.42. The lowest BCUT2D eigenvalue weighted by Gasteiger charge is -2.33. The minimum Gasteiger partial charge on any atom is -0.389 e. The minimum absolute atomic E-state index is 0.0622. The predicted octanol–water partition coefficient (Wildman–Crippen LogP) is 0.757. The zero-order chi connectivity index (χ0) is 17.9. The van der Waals surface area contributed by atoms with Crippen molar-refractivity contribution in [1.29, 1.82) is 0 Å². The molecule has 0 amide bonds. The van der Waals surface area contributed by atoms with E-state index >= 15 is 0 Å². The fourth-order valence-electron chi connectivity index (χ4n) is 3.82. The van der Waals surface area contributed by atoms with Crippen molar-refractivity contribution in [2.75, 3.05) is 26.7 Å². The highest BCUT2D eigenvalue weighted by atomic mass is 16.5. The van der Waals surface area contributed by atoms with Crippen LogP contribution in [0.2, 0.25) is 0 Å². The van der Waals surface area contributed by atoms with Gasteiger partial charge in [-0.2, -0.15) is 0 Å². The average molecular weight is 357 g/mol. The van der Waals surface area contributed by atoms with Gasteiger partial charge in [0, 0.05) is 11.6 Å². The van der Waals surface area contributed by atoms with Gasteiger partial charge >= 0.3 is 0 Å². The summed E-state index contributed by atoms with van der Waals surface area (Å²) in [5.74, 6) is 0. The van der Waals surface area contributed by atoms with Gasteiger partial charge in [-0.25, -0.2) is 4.68 Å². The van der Waals surface area contributed by atoms with E-state index in [0.717, 1.165) is 37.2 Å². The van der Waals surface area contributed by atoms with Gasteiger partial charge in [0.2, 0.25) is 0 Å². The monoisotopic (exact) mass is 357 g/mol. The molecule has 2 saturated heterocycles. The van der Waals surface area contributed by atoms with Gasteiger partial charge in [0.25, 0.3) is 0 Å². The van der Waals surface area contributed by atoms with E-state index in [-0.39, 0.29) is 12.1 Å². The maximum absolute atomic E-state index is 10.4. The summed E-state index contributed by atoms with van der Waals surface area (Å²) in [7, 11) is 2.15. The smallest absolute Gasteiger partial charge is 0.113 e. The molecule has 3 heterocycles. The molecule has 0 spiro atoms. The lowest BCUT2D eigenvalue weighted by Crippen LogP contribution is -2.52. The lowest BCUT2D eigenvalue weighted by atomic mass is 10.0. The van der Waals surface area contributed by atoms with Gasteiger partial charge in [-0.3, -0.25) is 0 Å². The fourth-order valence-corrected chi connectivity index (χ4v) is 3.82. The Morgan fingerprint density at radius 2 is 2.00 bits per heavy atom. The molecular formula is C19H27N5O2. The Morgan fingerprint density at radius 1 is 1.23 bits per heavy atom. The molecule has 0 unspecified atom stereocenters. The van der Waals surface area contributed by atoms with E-state index in [1.165, 1.54) is 0 Å². The molecule has 2 aromatic rings. The molecule has 2 aliphatic heterocycles. The number of nitrogens with zero attached hydrogens (tertiary/aromatic N) is 4. The van der Waals surface area contributed by atoms with E-state index < -0.39 is 6.10 Å². The first kappa shape index (κ1) is 17.6. The first-order valence-corrected chi connectivity index (χ1v) is 9.39. The van der Waals surface area contributed by atoms with Gasteiger partial charge < -0.3 is 20.1 Å². The van der Waals surface area contributed by atoms with Crippen LogP contribution < -0.4 is 5.32 Å². The molecule has 140 valence electrons. The zero-order valence-corrected chi connectivity index (χ0v) is 15.2. The molecule has 2 aliphatic rings. The fraction of sp³-hybridized carbons (Fsp3) is 0.579. The Labute approximate surface area is 154 Å². The third kappa shape index (κ3) is 3.96. The molecule has 26 heavy (non-hydrogen) atoms. The summed E-state index contributed by atoms with van der Waals surface area (Å²) < 4.78 is 7.66. The summed E-state index contributed by atoms with van der Waals surface area (Å²) in [5, 5.41) is 22.5. The van der Waals surface area contributed by atoms with Gasteiger partial charge in [0.15, 0.2) is 0 Å². The number of likely N-dealkylation sites (tertiary alicyclic amines) is 1. The first-order chi connectivity index (χ1) is 12.7. The molecule has 7 nitrogen and oxygen atoms in total. The quantitative estimate of drug-likeness (QED) is 0.823. The standard InChI is InChI=1S/C19H27N5O2/c1-23-9-7-15(8-10-23)20-19-17(25)13-26-18(19)12-24-11-16(21-22-24)14-5-3-2-4-6-14/h2-6,11,15,17-20,25H,7-10,12-13H2,1H3/t17-,18+,19+/m0/s1. The minimum atomic E-state index is -0.475. The number of aromatic nitrogens is 3. The Hall–Kier alpha value is -1.80. The molecule has 0 aliphatic carbocycles. The SMILES string of the molecule is CN1CCC(N[C@@H]2[C@@H](O)CO[C@@H]2Cn2cc(-c3ccccc3)nn2)CC1. The van der Waals surface area contributed by atoms with Crippen LogP contribution in [0.15, 0.2) is 36.5 Å². The summed E-state index contributed by atoms with van der Waals surface area (Å²) in [4.78, 5) is 2.34. The van der Waals surface area contributed by atoms with E-state index in [1.807, 2.05) is 41.2 Å². The third-order valence-electron chi connectivity index (χ3n) is 5.42. The number of rotatable bonds is 5. The summed E-state index contributed by atoms with van der Waals surface area (Å²) in [6.07, 6.45) is 3.57. The molecule has 2 fully saturated rings. The van der Waals surface area contributed by atoms with Crippen LogP contribution in [0.4, 0.5) is 0 Å². The van der Waals surface area contributed by atoms with Gasteiger partial charge in [-0.1, -0.05) is 35.5 Å². The molecule has 7 heteroatoms. The Balaban J connectivity index is 1.39. The number of hydrogen-bond acceptors (Lipinski definition) is 6. The van der Waals surface area contributed by atoms with Crippen molar-refractivity contribution in [3.05, 3.63) is 36.5 Å². The van der Waals surface area contributed by atoms with Crippen LogP contribution in [-0.4, -0.2) is 76.0 Å².